The third-order valence-corrected chi connectivity index (χ3v) is 2.02. The van der Waals surface area contributed by atoms with Gasteiger partial charge in [0.15, 0.2) is 6.29 Å². The van der Waals surface area contributed by atoms with E-state index < -0.39 is 0 Å². The molecule has 0 aliphatic heterocycles. The van der Waals surface area contributed by atoms with Crippen LogP contribution in [0.25, 0.3) is 0 Å². The monoisotopic (exact) mass is 240 g/mol. The van der Waals surface area contributed by atoms with Crippen molar-refractivity contribution < 1.29 is 9.47 Å². The lowest BCUT2D eigenvalue weighted by molar-refractivity contribution is -0.178. The fourth-order valence-corrected chi connectivity index (χ4v) is 1.40. The van der Waals surface area contributed by atoms with E-state index in [4.69, 9.17) is 9.47 Å². The summed E-state index contributed by atoms with van der Waals surface area (Å²) < 4.78 is 11.4. The maximum Gasteiger partial charge on any atom is 0.161 e. The van der Waals surface area contributed by atoms with Crippen LogP contribution in [0.2, 0.25) is 0 Å². The van der Waals surface area contributed by atoms with Gasteiger partial charge in [-0.3, -0.25) is 0 Å². The highest BCUT2D eigenvalue weighted by molar-refractivity contribution is 4.92. The molecule has 0 aliphatic carbocycles. The second kappa shape index (κ2) is 10.5. The molecule has 0 heterocycles. The van der Waals surface area contributed by atoms with Crippen LogP contribution < -0.4 is 0 Å². The number of hydrogen-bond donors (Lipinski definition) is 0. The summed E-state index contributed by atoms with van der Waals surface area (Å²) in [5, 5.41) is 0. The van der Waals surface area contributed by atoms with Gasteiger partial charge >= 0.3 is 0 Å². The Morgan fingerprint density at radius 3 is 1.82 bits per heavy atom. The van der Waals surface area contributed by atoms with Crippen LogP contribution in [0.15, 0.2) is 24.3 Å². The van der Waals surface area contributed by atoms with Crippen molar-refractivity contribution in [2.24, 2.45) is 0 Å². The van der Waals surface area contributed by atoms with E-state index in [1.807, 2.05) is 27.7 Å². The van der Waals surface area contributed by atoms with Crippen molar-refractivity contribution in [2.45, 2.75) is 72.4 Å². The van der Waals surface area contributed by atoms with Gasteiger partial charge in [-0.15, -0.1) is 0 Å². The SMILES string of the molecule is CC/C=C\C/C=C\CC(OC(C)C)OC(C)C. The molecule has 0 atom stereocenters. The second-order valence-corrected chi connectivity index (χ2v) is 4.62. The molecule has 0 unspecified atom stereocenters. The number of rotatable bonds is 9. The van der Waals surface area contributed by atoms with E-state index in [-0.39, 0.29) is 18.5 Å². The number of hydrogen-bond acceptors (Lipinski definition) is 2. The lowest BCUT2D eigenvalue weighted by atomic mass is 10.3. The summed E-state index contributed by atoms with van der Waals surface area (Å²) in [7, 11) is 0. The maximum absolute atomic E-state index is 5.70. The Hall–Kier alpha value is -0.600. The van der Waals surface area contributed by atoms with Gasteiger partial charge in [-0.25, -0.2) is 0 Å². The molecule has 100 valence electrons. The second-order valence-electron chi connectivity index (χ2n) is 4.62. The van der Waals surface area contributed by atoms with Crippen LogP contribution >= 0.6 is 0 Å². The van der Waals surface area contributed by atoms with Gasteiger partial charge in [-0.05, 0) is 40.5 Å². The molecule has 0 fully saturated rings. The minimum atomic E-state index is -0.124. The zero-order valence-corrected chi connectivity index (χ0v) is 12.0. The van der Waals surface area contributed by atoms with Crippen molar-refractivity contribution in [1.29, 1.82) is 0 Å². The Labute approximate surface area is 107 Å². The van der Waals surface area contributed by atoms with E-state index in [1.165, 1.54) is 0 Å². The first-order valence-electron chi connectivity index (χ1n) is 6.67. The average molecular weight is 240 g/mol. The van der Waals surface area contributed by atoms with Crippen molar-refractivity contribution in [2.75, 3.05) is 0 Å². The molecule has 0 spiro atoms. The molecule has 0 aromatic rings. The summed E-state index contributed by atoms with van der Waals surface area (Å²) >= 11 is 0. The first kappa shape index (κ1) is 16.4. The predicted molar refractivity (Wildman–Crippen MR) is 74.0 cm³/mol. The van der Waals surface area contributed by atoms with Gasteiger partial charge in [0, 0.05) is 6.42 Å². The first-order chi connectivity index (χ1) is 8.06. The summed E-state index contributed by atoms with van der Waals surface area (Å²) in [5.74, 6) is 0. The van der Waals surface area contributed by atoms with Gasteiger partial charge in [0.1, 0.15) is 0 Å². The largest absolute Gasteiger partial charge is 0.350 e. The molecule has 0 aromatic carbocycles. The summed E-state index contributed by atoms with van der Waals surface area (Å²) in [5.41, 5.74) is 0. The molecule has 0 rings (SSSR count). The van der Waals surface area contributed by atoms with Crippen LogP contribution in [0.1, 0.15) is 53.9 Å². The van der Waals surface area contributed by atoms with Gasteiger partial charge < -0.3 is 9.47 Å². The highest BCUT2D eigenvalue weighted by atomic mass is 16.7. The first-order valence-corrected chi connectivity index (χ1v) is 6.67. The molecule has 0 aliphatic rings. The molecule has 2 heteroatoms. The van der Waals surface area contributed by atoms with Crippen LogP contribution in [0.5, 0.6) is 0 Å². The summed E-state index contributed by atoms with van der Waals surface area (Å²) in [6.07, 6.45) is 11.8. The van der Waals surface area contributed by atoms with Gasteiger partial charge in [-0.2, -0.15) is 0 Å². The Kier molecular flexibility index (Phi) is 10.2. The van der Waals surface area contributed by atoms with Gasteiger partial charge in [0.25, 0.3) is 0 Å². The topological polar surface area (TPSA) is 18.5 Å². The molecule has 2 nitrogen and oxygen atoms in total. The van der Waals surface area contributed by atoms with Crippen LogP contribution in [0, 0.1) is 0 Å². The minimum absolute atomic E-state index is 0.124. The zero-order valence-electron chi connectivity index (χ0n) is 12.0. The molecule has 0 aromatic heterocycles. The van der Waals surface area contributed by atoms with E-state index >= 15 is 0 Å². The van der Waals surface area contributed by atoms with Gasteiger partial charge in [0.05, 0.1) is 12.2 Å². The normalized spacial score (nSPS) is 12.9. The smallest absolute Gasteiger partial charge is 0.161 e. The van der Waals surface area contributed by atoms with Crippen molar-refractivity contribution in [3.05, 3.63) is 24.3 Å². The number of allylic oxidation sites excluding steroid dienone is 3. The molecule has 0 amide bonds. The van der Waals surface area contributed by atoms with Crippen molar-refractivity contribution in [3.8, 4) is 0 Å². The Morgan fingerprint density at radius 1 is 0.824 bits per heavy atom. The summed E-state index contributed by atoms with van der Waals surface area (Å²) in [6.45, 7) is 10.3. The van der Waals surface area contributed by atoms with Crippen LogP contribution in [-0.2, 0) is 9.47 Å². The molecule has 17 heavy (non-hydrogen) atoms. The van der Waals surface area contributed by atoms with Crippen LogP contribution in [0.4, 0.5) is 0 Å². The summed E-state index contributed by atoms with van der Waals surface area (Å²) in [4.78, 5) is 0. The highest BCUT2D eigenvalue weighted by Gasteiger charge is 2.11. The van der Waals surface area contributed by atoms with E-state index in [9.17, 15) is 0 Å². The van der Waals surface area contributed by atoms with Crippen LogP contribution in [0.3, 0.4) is 0 Å². The Morgan fingerprint density at radius 2 is 1.35 bits per heavy atom. The summed E-state index contributed by atoms with van der Waals surface area (Å²) in [6, 6.07) is 0. The Balaban J connectivity index is 3.93. The Bertz CT molecular complexity index is 207. The molecule has 0 bridgehead atoms. The quantitative estimate of drug-likeness (QED) is 0.437. The van der Waals surface area contributed by atoms with Gasteiger partial charge in [0.2, 0.25) is 0 Å². The minimum Gasteiger partial charge on any atom is -0.350 e. The van der Waals surface area contributed by atoms with E-state index in [0.29, 0.717) is 0 Å². The maximum atomic E-state index is 5.70. The highest BCUT2D eigenvalue weighted by Crippen LogP contribution is 2.09. The fraction of sp³-hybridized carbons (Fsp3) is 0.733. The molecule has 0 saturated carbocycles. The zero-order chi connectivity index (χ0) is 13.1. The van der Waals surface area contributed by atoms with Crippen LogP contribution in [-0.4, -0.2) is 18.5 Å². The molecule has 0 radical (unpaired) electrons. The van der Waals surface area contributed by atoms with Gasteiger partial charge in [-0.1, -0.05) is 31.2 Å². The lowest BCUT2D eigenvalue weighted by Gasteiger charge is -2.21. The lowest BCUT2D eigenvalue weighted by Crippen LogP contribution is -2.23. The number of ether oxygens (including phenoxy) is 2. The molecular weight excluding hydrogens is 212 g/mol. The average Bonchev–Trinajstić information content (AvgIpc) is 2.21. The van der Waals surface area contributed by atoms with Crippen molar-refractivity contribution >= 4 is 0 Å². The van der Waals surface area contributed by atoms with E-state index in [2.05, 4.69) is 31.2 Å². The van der Waals surface area contributed by atoms with Crippen molar-refractivity contribution in [1.82, 2.24) is 0 Å². The third-order valence-electron chi connectivity index (χ3n) is 2.02. The third kappa shape index (κ3) is 11.7. The molecule has 0 N–H and O–H groups in total. The molecular formula is C15H28O2. The standard InChI is InChI=1S/C15H28O2/c1-6-7-8-9-10-11-12-15(16-13(2)3)17-14(4)5/h7-8,10-11,13-15H,6,9,12H2,1-5H3/b8-7-,11-10-. The van der Waals surface area contributed by atoms with E-state index in [0.717, 1.165) is 19.3 Å². The predicted octanol–water partition coefficient (Wildman–Crippen LogP) is 4.47. The molecule has 0 saturated heterocycles. The van der Waals surface area contributed by atoms with Crippen molar-refractivity contribution in [3.63, 3.8) is 0 Å². The van der Waals surface area contributed by atoms with E-state index in [1.54, 1.807) is 0 Å². The fourth-order valence-electron chi connectivity index (χ4n) is 1.40.